The Morgan fingerprint density at radius 2 is 2.17 bits per heavy atom. The van der Waals surface area contributed by atoms with Crippen molar-refractivity contribution < 1.29 is 0 Å². The van der Waals surface area contributed by atoms with Crippen LogP contribution >= 0.6 is 27.3 Å². The number of aromatic amines is 1. The highest BCUT2D eigenvalue weighted by atomic mass is 79.9. The van der Waals surface area contributed by atoms with Crippen LogP contribution in [0.1, 0.15) is 0 Å². The van der Waals surface area contributed by atoms with E-state index in [0.29, 0.717) is 5.78 Å². The van der Waals surface area contributed by atoms with Gasteiger partial charge in [0.05, 0.1) is 11.9 Å². The summed E-state index contributed by atoms with van der Waals surface area (Å²) < 4.78 is 3.01. The number of aromatic nitrogens is 5. The Hall–Kier alpha value is -2.51. The molecule has 4 aromatic heterocycles. The molecule has 116 valence electrons. The van der Waals surface area contributed by atoms with E-state index in [4.69, 9.17) is 4.98 Å². The standard InChI is InChI=1S/C17H10BrN5S/c18-10-2-3-11-12(7-20-13(11)6-10)16-22-14(9-24-16)15-8-21-17-19-4-1-5-23(15)17/h1-9,20H. The molecule has 0 saturated carbocycles. The maximum atomic E-state index is 4.82. The van der Waals surface area contributed by atoms with Crippen molar-refractivity contribution in [2.45, 2.75) is 0 Å². The highest BCUT2D eigenvalue weighted by Gasteiger charge is 2.14. The van der Waals surface area contributed by atoms with E-state index in [1.165, 1.54) is 5.39 Å². The first kappa shape index (κ1) is 13.9. The van der Waals surface area contributed by atoms with Gasteiger partial charge in [-0.05, 0) is 18.2 Å². The second-order valence-corrected chi connectivity index (χ2v) is 7.14. The van der Waals surface area contributed by atoms with Crippen molar-refractivity contribution >= 4 is 43.9 Å². The van der Waals surface area contributed by atoms with Crippen LogP contribution < -0.4 is 0 Å². The molecule has 0 amide bonds. The fraction of sp³-hybridized carbons (Fsp3) is 0. The van der Waals surface area contributed by atoms with Crippen molar-refractivity contribution in [1.82, 2.24) is 24.3 Å². The number of nitrogens with one attached hydrogen (secondary N) is 1. The molecule has 5 nitrogen and oxygen atoms in total. The lowest BCUT2D eigenvalue weighted by Crippen LogP contribution is -1.89. The number of hydrogen-bond acceptors (Lipinski definition) is 4. The van der Waals surface area contributed by atoms with E-state index < -0.39 is 0 Å². The lowest BCUT2D eigenvalue weighted by Gasteiger charge is -1.97. The molecule has 0 atom stereocenters. The van der Waals surface area contributed by atoms with Gasteiger partial charge in [-0.15, -0.1) is 11.3 Å². The number of hydrogen-bond donors (Lipinski definition) is 1. The average molecular weight is 396 g/mol. The first-order chi connectivity index (χ1) is 11.8. The van der Waals surface area contributed by atoms with E-state index in [9.17, 15) is 0 Å². The third-order valence-electron chi connectivity index (χ3n) is 3.93. The van der Waals surface area contributed by atoms with Crippen molar-refractivity contribution in [2.24, 2.45) is 0 Å². The molecular formula is C17H10BrN5S. The van der Waals surface area contributed by atoms with Gasteiger partial charge < -0.3 is 4.98 Å². The first-order valence-electron chi connectivity index (χ1n) is 7.30. The highest BCUT2D eigenvalue weighted by molar-refractivity contribution is 9.10. The summed E-state index contributed by atoms with van der Waals surface area (Å²) in [6.07, 6.45) is 7.51. The summed E-state index contributed by atoms with van der Waals surface area (Å²) in [6.45, 7) is 0. The van der Waals surface area contributed by atoms with E-state index in [1.807, 2.05) is 35.1 Å². The summed E-state index contributed by atoms with van der Waals surface area (Å²) in [5.41, 5.74) is 4.06. The number of fused-ring (bicyclic) bond motifs is 2. The van der Waals surface area contributed by atoms with Crippen LogP contribution in [0.4, 0.5) is 0 Å². The molecule has 0 aliphatic carbocycles. The van der Waals surface area contributed by atoms with Gasteiger partial charge in [0.2, 0.25) is 5.78 Å². The molecule has 0 bridgehead atoms. The smallest absolute Gasteiger partial charge is 0.234 e. The van der Waals surface area contributed by atoms with Gasteiger partial charge in [-0.2, -0.15) is 0 Å². The molecule has 1 aromatic carbocycles. The minimum absolute atomic E-state index is 0.680. The summed E-state index contributed by atoms with van der Waals surface area (Å²) in [7, 11) is 0. The molecule has 0 aliphatic heterocycles. The predicted molar refractivity (Wildman–Crippen MR) is 99.1 cm³/mol. The normalized spacial score (nSPS) is 11.5. The van der Waals surface area contributed by atoms with Crippen LogP contribution in [0.25, 0.3) is 38.6 Å². The van der Waals surface area contributed by atoms with E-state index in [0.717, 1.165) is 31.9 Å². The molecule has 0 fully saturated rings. The van der Waals surface area contributed by atoms with Gasteiger partial charge in [0.15, 0.2) is 0 Å². The molecule has 0 radical (unpaired) electrons. The Kier molecular flexibility index (Phi) is 3.04. The molecule has 0 aliphatic rings. The molecule has 0 saturated heterocycles. The van der Waals surface area contributed by atoms with Crippen LogP contribution in [0.2, 0.25) is 0 Å². The molecule has 5 rings (SSSR count). The average Bonchev–Trinajstić information content (AvgIpc) is 3.31. The number of nitrogens with zero attached hydrogens (tertiary/aromatic N) is 4. The zero-order chi connectivity index (χ0) is 16.1. The zero-order valence-corrected chi connectivity index (χ0v) is 14.7. The predicted octanol–water partition coefficient (Wildman–Crippen LogP) is 4.76. The number of thiazole rings is 1. The number of rotatable bonds is 2. The van der Waals surface area contributed by atoms with Gasteiger partial charge in [-0.1, -0.05) is 22.0 Å². The van der Waals surface area contributed by atoms with E-state index >= 15 is 0 Å². The topological polar surface area (TPSA) is 58.9 Å². The number of halogens is 1. The van der Waals surface area contributed by atoms with Gasteiger partial charge in [-0.3, -0.25) is 4.40 Å². The highest BCUT2D eigenvalue weighted by Crippen LogP contribution is 2.34. The third-order valence-corrected chi connectivity index (χ3v) is 5.30. The number of imidazole rings is 1. The molecule has 0 unspecified atom stereocenters. The minimum atomic E-state index is 0.680. The van der Waals surface area contributed by atoms with Gasteiger partial charge in [0.1, 0.15) is 10.7 Å². The zero-order valence-electron chi connectivity index (χ0n) is 12.3. The Morgan fingerprint density at radius 3 is 3.12 bits per heavy atom. The van der Waals surface area contributed by atoms with Crippen molar-refractivity contribution in [2.75, 3.05) is 0 Å². The van der Waals surface area contributed by atoms with Crippen LogP contribution in [-0.2, 0) is 0 Å². The molecular weight excluding hydrogens is 386 g/mol. The van der Waals surface area contributed by atoms with Crippen molar-refractivity contribution in [3.63, 3.8) is 0 Å². The van der Waals surface area contributed by atoms with Gasteiger partial charge >= 0.3 is 0 Å². The SMILES string of the molecule is Brc1ccc2c(-c3nc(-c4cnc5ncccn45)cs3)c[nH]c2c1. The van der Waals surface area contributed by atoms with Crippen LogP contribution in [0.15, 0.2) is 58.9 Å². The molecule has 1 N–H and O–H groups in total. The van der Waals surface area contributed by atoms with Crippen LogP contribution in [0.3, 0.4) is 0 Å². The fourth-order valence-corrected chi connectivity index (χ4v) is 4.01. The summed E-state index contributed by atoms with van der Waals surface area (Å²) in [5, 5.41) is 4.21. The lowest BCUT2D eigenvalue weighted by atomic mass is 10.2. The molecule has 5 aromatic rings. The van der Waals surface area contributed by atoms with Crippen LogP contribution in [-0.4, -0.2) is 24.3 Å². The molecule has 24 heavy (non-hydrogen) atoms. The maximum Gasteiger partial charge on any atom is 0.234 e. The lowest BCUT2D eigenvalue weighted by molar-refractivity contribution is 1.11. The Morgan fingerprint density at radius 1 is 1.21 bits per heavy atom. The second-order valence-electron chi connectivity index (χ2n) is 5.36. The quantitative estimate of drug-likeness (QED) is 0.468. The summed E-state index contributed by atoms with van der Waals surface area (Å²) in [6, 6.07) is 8.11. The van der Waals surface area contributed by atoms with Crippen molar-refractivity contribution in [1.29, 1.82) is 0 Å². The Bertz CT molecular complexity index is 1190. The van der Waals surface area contributed by atoms with Gasteiger partial charge in [0.25, 0.3) is 0 Å². The van der Waals surface area contributed by atoms with Crippen molar-refractivity contribution in [3.8, 4) is 22.0 Å². The van der Waals surface area contributed by atoms with E-state index in [2.05, 4.69) is 48.4 Å². The first-order valence-corrected chi connectivity index (χ1v) is 8.98. The van der Waals surface area contributed by atoms with Crippen LogP contribution in [0, 0.1) is 0 Å². The Balaban J connectivity index is 1.64. The monoisotopic (exact) mass is 395 g/mol. The fourth-order valence-electron chi connectivity index (χ4n) is 2.81. The van der Waals surface area contributed by atoms with E-state index in [-0.39, 0.29) is 0 Å². The molecule has 0 spiro atoms. The van der Waals surface area contributed by atoms with Crippen LogP contribution in [0.5, 0.6) is 0 Å². The molecule has 4 heterocycles. The summed E-state index contributed by atoms with van der Waals surface area (Å²) in [4.78, 5) is 16.7. The minimum Gasteiger partial charge on any atom is -0.360 e. The summed E-state index contributed by atoms with van der Waals surface area (Å²) in [5.74, 6) is 0.680. The van der Waals surface area contributed by atoms with Gasteiger partial charge in [0, 0.05) is 44.9 Å². The molecule has 7 heteroatoms. The third kappa shape index (κ3) is 2.09. The van der Waals surface area contributed by atoms with Crippen molar-refractivity contribution in [3.05, 3.63) is 58.9 Å². The van der Waals surface area contributed by atoms with Gasteiger partial charge in [-0.25, -0.2) is 15.0 Å². The van der Waals surface area contributed by atoms with E-state index in [1.54, 1.807) is 17.5 Å². The number of H-pyrrole nitrogens is 1. The second kappa shape index (κ2) is 5.25. The largest absolute Gasteiger partial charge is 0.360 e. The summed E-state index contributed by atoms with van der Waals surface area (Å²) >= 11 is 5.13. The maximum absolute atomic E-state index is 4.82. The Labute approximate surface area is 149 Å². The number of benzene rings is 1.